The van der Waals surface area contributed by atoms with Gasteiger partial charge in [-0.25, -0.2) is 14.2 Å². The SMILES string of the molecule is Cc1sc2nc([C@H](C)OC(=O)c3ccccc3F)[nH]c(=O)c2c1C. The molecule has 0 amide bonds. The zero-order chi connectivity index (χ0) is 17.4. The highest BCUT2D eigenvalue weighted by Gasteiger charge is 2.20. The van der Waals surface area contributed by atoms with Crippen molar-refractivity contribution in [1.82, 2.24) is 9.97 Å². The first-order valence-corrected chi connectivity index (χ1v) is 8.15. The number of aromatic amines is 1. The molecule has 0 aliphatic carbocycles. The summed E-state index contributed by atoms with van der Waals surface area (Å²) in [5.74, 6) is -1.23. The predicted octanol–water partition coefficient (Wildman–Crippen LogP) is 3.66. The van der Waals surface area contributed by atoms with Crippen LogP contribution in [0.3, 0.4) is 0 Å². The Hall–Kier alpha value is -2.54. The van der Waals surface area contributed by atoms with Crippen LogP contribution in [0, 0.1) is 19.7 Å². The molecule has 0 aliphatic rings. The van der Waals surface area contributed by atoms with Gasteiger partial charge in [-0.15, -0.1) is 11.3 Å². The zero-order valence-electron chi connectivity index (χ0n) is 13.3. The van der Waals surface area contributed by atoms with Crippen molar-refractivity contribution in [1.29, 1.82) is 0 Å². The van der Waals surface area contributed by atoms with E-state index in [1.807, 2.05) is 13.8 Å². The Morgan fingerprint density at radius 1 is 1.33 bits per heavy atom. The molecule has 2 heterocycles. The average Bonchev–Trinajstić information content (AvgIpc) is 2.82. The summed E-state index contributed by atoms with van der Waals surface area (Å²) in [5, 5.41) is 0.550. The molecule has 3 aromatic rings. The Kier molecular flexibility index (Phi) is 4.19. The molecule has 0 saturated heterocycles. The van der Waals surface area contributed by atoms with Crippen LogP contribution in [-0.4, -0.2) is 15.9 Å². The first kappa shape index (κ1) is 16.3. The first-order chi connectivity index (χ1) is 11.4. The van der Waals surface area contributed by atoms with Crippen LogP contribution < -0.4 is 5.56 Å². The van der Waals surface area contributed by atoms with E-state index in [1.165, 1.54) is 29.5 Å². The van der Waals surface area contributed by atoms with Crippen LogP contribution in [0.15, 0.2) is 29.1 Å². The summed E-state index contributed by atoms with van der Waals surface area (Å²) < 4.78 is 18.9. The van der Waals surface area contributed by atoms with Gasteiger partial charge in [0.05, 0.1) is 10.9 Å². The lowest BCUT2D eigenvalue weighted by molar-refractivity contribution is 0.0315. The van der Waals surface area contributed by atoms with Gasteiger partial charge in [-0.2, -0.15) is 0 Å². The van der Waals surface area contributed by atoms with Crippen molar-refractivity contribution < 1.29 is 13.9 Å². The van der Waals surface area contributed by atoms with Crippen molar-refractivity contribution in [3.63, 3.8) is 0 Å². The summed E-state index contributed by atoms with van der Waals surface area (Å²) in [6, 6.07) is 5.57. The third-order valence-electron chi connectivity index (χ3n) is 3.82. The standard InChI is InChI=1S/C17H15FN2O3S/c1-8-10(3)24-16-13(8)15(21)19-14(20-16)9(2)23-17(22)11-6-4-5-7-12(11)18/h4-7,9H,1-3H3,(H,19,20,21)/t9-/m0/s1. The number of aryl methyl sites for hydroxylation is 2. The summed E-state index contributed by atoms with van der Waals surface area (Å²) in [5.41, 5.74) is 0.465. The molecule has 2 aromatic heterocycles. The van der Waals surface area contributed by atoms with Gasteiger partial charge in [0.25, 0.3) is 5.56 Å². The molecule has 5 nitrogen and oxygen atoms in total. The van der Waals surface area contributed by atoms with Crippen molar-refractivity contribution in [2.24, 2.45) is 0 Å². The Morgan fingerprint density at radius 3 is 2.75 bits per heavy atom. The lowest BCUT2D eigenvalue weighted by Crippen LogP contribution is -2.17. The minimum Gasteiger partial charge on any atom is -0.451 e. The number of ether oxygens (including phenoxy) is 1. The number of nitrogens with zero attached hydrogens (tertiary/aromatic N) is 1. The van der Waals surface area contributed by atoms with Crippen molar-refractivity contribution >= 4 is 27.5 Å². The molecule has 1 aromatic carbocycles. The Balaban J connectivity index is 1.92. The molecule has 0 spiro atoms. The molecule has 0 aliphatic heterocycles. The van der Waals surface area contributed by atoms with Gasteiger partial charge in [-0.1, -0.05) is 12.1 Å². The Bertz CT molecular complexity index is 993. The van der Waals surface area contributed by atoms with Crippen LogP contribution in [0.1, 0.15) is 39.7 Å². The van der Waals surface area contributed by atoms with Crippen molar-refractivity contribution in [2.75, 3.05) is 0 Å². The fourth-order valence-electron chi connectivity index (χ4n) is 2.37. The topological polar surface area (TPSA) is 72.0 Å². The summed E-state index contributed by atoms with van der Waals surface area (Å²) in [6.45, 7) is 5.37. The van der Waals surface area contributed by atoms with Crippen molar-refractivity contribution in [2.45, 2.75) is 26.9 Å². The molecule has 1 N–H and O–H groups in total. The van der Waals surface area contributed by atoms with E-state index in [9.17, 15) is 14.0 Å². The number of nitrogens with one attached hydrogen (secondary N) is 1. The number of carbonyl (C=O) groups is 1. The normalized spacial score (nSPS) is 12.3. The smallest absolute Gasteiger partial charge is 0.341 e. The van der Waals surface area contributed by atoms with Gasteiger partial charge in [0.2, 0.25) is 0 Å². The number of carbonyl (C=O) groups excluding carboxylic acids is 1. The van der Waals surface area contributed by atoms with Crippen molar-refractivity contribution in [3.8, 4) is 0 Å². The average molecular weight is 346 g/mol. The van der Waals surface area contributed by atoms with Crippen LogP contribution in [0.25, 0.3) is 10.2 Å². The molecule has 0 saturated carbocycles. The van der Waals surface area contributed by atoms with Gasteiger partial charge in [-0.05, 0) is 38.5 Å². The van der Waals surface area contributed by atoms with E-state index in [0.717, 1.165) is 10.4 Å². The van der Waals surface area contributed by atoms with Gasteiger partial charge in [0.15, 0.2) is 11.9 Å². The Morgan fingerprint density at radius 2 is 2.04 bits per heavy atom. The van der Waals surface area contributed by atoms with E-state index >= 15 is 0 Å². The number of hydrogen-bond donors (Lipinski definition) is 1. The number of esters is 1. The number of H-pyrrole nitrogens is 1. The van der Waals surface area contributed by atoms with E-state index in [-0.39, 0.29) is 16.9 Å². The largest absolute Gasteiger partial charge is 0.451 e. The lowest BCUT2D eigenvalue weighted by Gasteiger charge is -2.12. The molecule has 1 atom stereocenters. The summed E-state index contributed by atoms with van der Waals surface area (Å²) >= 11 is 1.41. The number of thiophene rings is 1. The number of fused-ring (bicyclic) bond motifs is 1. The van der Waals surface area contributed by atoms with E-state index in [2.05, 4.69) is 9.97 Å². The Labute approximate surface area is 141 Å². The number of hydrogen-bond acceptors (Lipinski definition) is 5. The monoisotopic (exact) mass is 346 g/mol. The number of rotatable bonds is 3. The maximum absolute atomic E-state index is 13.6. The molecule has 0 unspecified atom stereocenters. The molecule has 0 fully saturated rings. The maximum atomic E-state index is 13.6. The minimum atomic E-state index is -0.808. The second-order valence-corrected chi connectivity index (χ2v) is 6.65. The van der Waals surface area contributed by atoms with Gasteiger partial charge < -0.3 is 9.72 Å². The lowest BCUT2D eigenvalue weighted by atomic mass is 10.2. The van der Waals surface area contributed by atoms with E-state index in [1.54, 1.807) is 13.0 Å². The van der Waals surface area contributed by atoms with Gasteiger partial charge >= 0.3 is 5.97 Å². The molecular weight excluding hydrogens is 331 g/mol. The number of halogens is 1. The van der Waals surface area contributed by atoms with Gasteiger partial charge in [-0.3, -0.25) is 4.79 Å². The second kappa shape index (κ2) is 6.16. The zero-order valence-corrected chi connectivity index (χ0v) is 14.2. The number of aromatic nitrogens is 2. The van der Waals surface area contributed by atoms with Crippen molar-refractivity contribution in [3.05, 3.63) is 62.3 Å². The van der Waals surface area contributed by atoms with Gasteiger partial charge in [0.1, 0.15) is 10.6 Å². The maximum Gasteiger partial charge on any atom is 0.341 e. The molecule has 124 valence electrons. The predicted molar refractivity (Wildman–Crippen MR) is 89.9 cm³/mol. The molecule has 7 heteroatoms. The van der Waals surface area contributed by atoms with Crippen LogP contribution in [0.2, 0.25) is 0 Å². The molecule has 0 bridgehead atoms. The number of benzene rings is 1. The van der Waals surface area contributed by atoms with Crippen LogP contribution in [0.4, 0.5) is 4.39 Å². The highest BCUT2D eigenvalue weighted by molar-refractivity contribution is 7.18. The van der Waals surface area contributed by atoms with E-state index in [4.69, 9.17) is 4.74 Å². The molecule has 3 rings (SSSR count). The minimum absolute atomic E-state index is 0.157. The van der Waals surface area contributed by atoms with Crippen LogP contribution in [-0.2, 0) is 4.74 Å². The van der Waals surface area contributed by atoms with Crippen LogP contribution >= 0.6 is 11.3 Å². The quantitative estimate of drug-likeness (QED) is 0.735. The highest BCUT2D eigenvalue weighted by Crippen LogP contribution is 2.27. The molecule has 0 radical (unpaired) electrons. The summed E-state index contributed by atoms with van der Waals surface area (Å²) in [4.78, 5) is 33.0. The fourth-order valence-corrected chi connectivity index (χ4v) is 3.41. The van der Waals surface area contributed by atoms with Crippen LogP contribution in [0.5, 0.6) is 0 Å². The van der Waals surface area contributed by atoms with E-state index in [0.29, 0.717) is 10.2 Å². The van der Waals surface area contributed by atoms with E-state index < -0.39 is 17.9 Å². The first-order valence-electron chi connectivity index (χ1n) is 7.34. The summed E-state index contributed by atoms with van der Waals surface area (Å²) in [6.07, 6.45) is -0.808. The molecule has 24 heavy (non-hydrogen) atoms. The highest BCUT2D eigenvalue weighted by atomic mass is 32.1. The third kappa shape index (κ3) is 2.82. The van der Waals surface area contributed by atoms with Gasteiger partial charge in [0, 0.05) is 4.88 Å². The fraction of sp³-hybridized carbons (Fsp3) is 0.235. The summed E-state index contributed by atoms with van der Waals surface area (Å²) in [7, 11) is 0. The molecular formula is C17H15FN2O3S. The second-order valence-electron chi connectivity index (χ2n) is 5.44. The third-order valence-corrected chi connectivity index (χ3v) is 4.92.